The molecule has 34 heavy (non-hydrogen) atoms. The monoisotopic (exact) mass is 463 g/mol. The van der Waals surface area contributed by atoms with Gasteiger partial charge in [-0.15, -0.1) is 0 Å². The van der Waals surface area contributed by atoms with Gasteiger partial charge in [-0.05, 0) is 37.1 Å². The van der Waals surface area contributed by atoms with Gasteiger partial charge < -0.3 is 34.9 Å². The number of fused-ring (bicyclic) bond motifs is 2. The highest BCUT2D eigenvalue weighted by Gasteiger charge is 2.34. The molecule has 0 spiro atoms. The van der Waals surface area contributed by atoms with Gasteiger partial charge in [0.2, 0.25) is 0 Å². The van der Waals surface area contributed by atoms with E-state index in [4.69, 9.17) is 15.2 Å². The number of amides is 1. The third-order valence-electron chi connectivity index (χ3n) is 6.96. The molecule has 5 rings (SSSR count). The predicted molar refractivity (Wildman–Crippen MR) is 135 cm³/mol. The summed E-state index contributed by atoms with van der Waals surface area (Å²) in [6.07, 6.45) is 1.79. The first-order chi connectivity index (χ1) is 16.5. The molecule has 2 aliphatic heterocycles. The van der Waals surface area contributed by atoms with E-state index < -0.39 is 0 Å². The molecule has 2 aromatic carbocycles. The van der Waals surface area contributed by atoms with E-state index >= 15 is 0 Å². The first-order valence-corrected chi connectivity index (χ1v) is 11.8. The maximum atomic E-state index is 13.3. The van der Waals surface area contributed by atoms with E-state index in [1.165, 1.54) is 10.9 Å². The van der Waals surface area contributed by atoms with Crippen molar-refractivity contribution in [2.24, 2.45) is 5.73 Å². The van der Waals surface area contributed by atoms with Crippen LogP contribution in [0.5, 0.6) is 5.75 Å². The number of hydrogen-bond acceptors (Lipinski definition) is 6. The Balaban J connectivity index is 1.51. The zero-order valence-corrected chi connectivity index (χ0v) is 20.1. The van der Waals surface area contributed by atoms with Crippen LogP contribution >= 0.6 is 0 Å². The standard InChI is InChI=1S/C26H33N5O3/c1-29-24-20(13-18(15-23(24)34-3)26(32)30-10-6-8-19(27)16-30)28-25(29)22-14-17-7-4-5-9-21(17)31(22)11-12-33-2/h4-5,7,9,13-15,19,25,28H,6,8,10-12,16,27H2,1-3H3. The van der Waals surface area contributed by atoms with Crippen LogP contribution in [0.3, 0.4) is 0 Å². The van der Waals surface area contributed by atoms with E-state index in [1.54, 1.807) is 14.2 Å². The fourth-order valence-electron chi connectivity index (χ4n) is 5.27. The van der Waals surface area contributed by atoms with Crippen LogP contribution in [0.25, 0.3) is 10.9 Å². The molecule has 1 saturated heterocycles. The Morgan fingerprint density at radius 1 is 1.21 bits per heavy atom. The average molecular weight is 464 g/mol. The Bertz CT molecular complexity index is 1210. The SMILES string of the molecule is COCCn1c(C2Nc3cc(C(=O)N4CCCC(N)C4)cc(OC)c3N2C)cc2ccccc21. The zero-order chi connectivity index (χ0) is 23.8. The number of piperidine rings is 1. The number of rotatable bonds is 6. The molecule has 8 nitrogen and oxygen atoms in total. The van der Waals surface area contributed by atoms with Gasteiger partial charge in [0.25, 0.3) is 5.91 Å². The normalized spacial score (nSPS) is 19.9. The smallest absolute Gasteiger partial charge is 0.254 e. The molecule has 0 aliphatic carbocycles. The van der Waals surface area contributed by atoms with Crippen LogP contribution in [-0.4, -0.2) is 62.4 Å². The zero-order valence-electron chi connectivity index (χ0n) is 20.1. The molecular formula is C26H33N5O3. The van der Waals surface area contributed by atoms with Gasteiger partial charge in [0, 0.05) is 56.3 Å². The number of para-hydroxylation sites is 1. The molecule has 0 saturated carbocycles. The average Bonchev–Trinajstić information content (AvgIpc) is 3.38. The van der Waals surface area contributed by atoms with E-state index in [2.05, 4.69) is 52.2 Å². The number of carbonyl (C=O) groups is 1. The highest BCUT2D eigenvalue weighted by molar-refractivity contribution is 5.99. The fraction of sp³-hybridized carbons (Fsp3) is 0.423. The Morgan fingerprint density at radius 2 is 2.03 bits per heavy atom. The van der Waals surface area contributed by atoms with Crippen LogP contribution in [0, 0.1) is 0 Å². The number of benzene rings is 2. The van der Waals surface area contributed by atoms with Crippen molar-refractivity contribution in [3.05, 3.63) is 53.7 Å². The molecule has 1 amide bonds. The van der Waals surface area contributed by atoms with Crippen LogP contribution < -0.4 is 20.7 Å². The molecular weight excluding hydrogens is 430 g/mol. The van der Waals surface area contributed by atoms with E-state index in [1.807, 2.05) is 17.0 Å². The summed E-state index contributed by atoms with van der Waals surface area (Å²) in [6.45, 7) is 2.70. The number of nitrogens with zero attached hydrogens (tertiary/aromatic N) is 3. The Hall–Kier alpha value is -3.23. The third kappa shape index (κ3) is 3.86. The molecule has 0 radical (unpaired) electrons. The summed E-state index contributed by atoms with van der Waals surface area (Å²) < 4.78 is 13.4. The second-order valence-corrected chi connectivity index (χ2v) is 9.16. The van der Waals surface area contributed by atoms with Gasteiger partial charge in [0.05, 0.1) is 25.1 Å². The second kappa shape index (κ2) is 9.19. The van der Waals surface area contributed by atoms with Crippen LogP contribution in [0.1, 0.15) is 35.1 Å². The number of aromatic nitrogens is 1. The van der Waals surface area contributed by atoms with E-state index in [9.17, 15) is 4.79 Å². The second-order valence-electron chi connectivity index (χ2n) is 9.16. The molecule has 3 N–H and O–H groups in total. The number of carbonyl (C=O) groups excluding carboxylic acids is 1. The lowest BCUT2D eigenvalue weighted by atomic mass is 10.0. The van der Waals surface area contributed by atoms with Crippen LogP contribution in [0.4, 0.5) is 11.4 Å². The third-order valence-corrected chi connectivity index (χ3v) is 6.96. The summed E-state index contributed by atoms with van der Waals surface area (Å²) in [7, 11) is 5.42. The molecule has 3 heterocycles. The number of nitrogens with two attached hydrogens (primary N) is 1. The van der Waals surface area contributed by atoms with Crippen molar-refractivity contribution in [3.63, 3.8) is 0 Å². The molecule has 0 bridgehead atoms. The molecule has 180 valence electrons. The number of ether oxygens (including phenoxy) is 2. The Kier molecular flexibility index (Phi) is 6.10. The highest BCUT2D eigenvalue weighted by atomic mass is 16.5. The summed E-state index contributed by atoms with van der Waals surface area (Å²) in [5, 5.41) is 4.83. The van der Waals surface area contributed by atoms with Crippen molar-refractivity contribution in [1.29, 1.82) is 0 Å². The molecule has 8 heteroatoms. The van der Waals surface area contributed by atoms with Crippen molar-refractivity contribution in [1.82, 2.24) is 9.47 Å². The lowest BCUT2D eigenvalue weighted by Gasteiger charge is -2.31. The van der Waals surface area contributed by atoms with Crippen LogP contribution in [0.15, 0.2) is 42.5 Å². The number of hydrogen-bond donors (Lipinski definition) is 2. The summed E-state index contributed by atoms with van der Waals surface area (Å²) >= 11 is 0. The van der Waals surface area contributed by atoms with E-state index in [0.29, 0.717) is 24.5 Å². The van der Waals surface area contributed by atoms with Crippen LogP contribution in [-0.2, 0) is 11.3 Å². The number of likely N-dealkylation sites (tertiary alicyclic amines) is 1. The van der Waals surface area contributed by atoms with Crippen molar-refractivity contribution in [2.45, 2.75) is 31.6 Å². The van der Waals surface area contributed by atoms with Gasteiger partial charge in [0.1, 0.15) is 17.6 Å². The minimum Gasteiger partial charge on any atom is -0.494 e. The minimum absolute atomic E-state index is 0.00152. The first kappa shape index (κ1) is 22.6. The maximum Gasteiger partial charge on any atom is 0.254 e. The molecule has 1 aromatic heterocycles. The molecule has 2 aliphatic rings. The Labute approximate surface area is 200 Å². The van der Waals surface area contributed by atoms with Gasteiger partial charge in [-0.25, -0.2) is 0 Å². The van der Waals surface area contributed by atoms with Gasteiger partial charge in [-0.1, -0.05) is 18.2 Å². The number of anilines is 2. The molecule has 1 fully saturated rings. The first-order valence-electron chi connectivity index (χ1n) is 11.8. The molecule has 2 unspecified atom stereocenters. The summed E-state index contributed by atoms with van der Waals surface area (Å²) in [5.74, 6) is 0.678. The van der Waals surface area contributed by atoms with Gasteiger partial charge in [-0.2, -0.15) is 0 Å². The summed E-state index contributed by atoms with van der Waals surface area (Å²) in [5.41, 5.74) is 10.9. The van der Waals surface area contributed by atoms with Gasteiger partial charge in [-0.3, -0.25) is 4.79 Å². The molecule has 3 aromatic rings. The lowest BCUT2D eigenvalue weighted by Crippen LogP contribution is -2.45. The van der Waals surface area contributed by atoms with Crippen molar-refractivity contribution in [2.75, 3.05) is 51.2 Å². The topological polar surface area (TPSA) is 85.0 Å². The lowest BCUT2D eigenvalue weighted by molar-refractivity contribution is 0.0708. The highest BCUT2D eigenvalue weighted by Crippen LogP contribution is 2.47. The number of methoxy groups -OCH3 is 2. The van der Waals surface area contributed by atoms with Crippen molar-refractivity contribution in [3.8, 4) is 5.75 Å². The van der Waals surface area contributed by atoms with E-state index in [-0.39, 0.29) is 18.1 Å². The quantitative estimate of drug-likeness (QED) is 0.583. The summed E-state index contributed by atoms with van der Waals surface area (Å²) in [6, 6.07) is 14.4. The summed E-state index contributed by atoms with van der Waals surface area (Å²) in [4.78, 5) is 17.3. The van der Waals surface area contributed by atoms with E-state index in [0.717, 1.165) is 43.0 Å². The van der Waals surface area contributed by atoms with Crippen molar-refractivity contribution < 1.29 is 14.3 Å². The minimum atomic E-state index is -0.109. The molecule has 2 atom stereocenters. The van der Waals surface area contributed by atoms with Gasteiger partial charge in [0.15, 0.2) is 0 Å². The van der Waals surface area contributed by atoms with Gasteiger partial charge >= 0.3 is 0 Å². The van der Waals surface area contributed by atoms with Crippen LogP contribution in [0.2, 0.25) is 0 Å². The Morgan fingerprint density at radius 3 is 2.79 bits per heavy atom. The maximum absolute atomic E-state index is 13.3. The largest absolute Gasteiger partial charge is 0.494 e. The predicted octanol–water partition coefficient (Wildman–Crippen LogP) is 3.42. The van der Waals surface area contributed by atoms with Crippen molar-refractivity contribution >= 4 is 28.2 Å². The fourth-order valence-corrected chi connectivity index (χ4v) is 5.27. The number of nitrogens with one attached hydrogen (secondary N) is 1.